The molecule has 18 heteroatoms. The van der Waals surface area contributed by atoms with E-state index >= 15 is 0 Å². The van der Waals surface area contributed by atoms with Crippen molar-refractivity contribution < 1.29 is 75.8 Å². The largest absolute Gasteiger partial charge is 0.472 e. The van der Waals surface area contributed by atoms with Crippen LogP contribution in [0.15, 0.2) is 194 Å². The van der Waals surface area contributed by atoms with Crippen molar-refractivity contribution in [1.29, 1.82) is 0 Å². The predicted octanol–water partition coefficient (Wildman–Crippen LogP) is 23.5. The van der Waals surface area contributed by atoms with E-state index in [2.05, 4.69) is 215 Å². The maximum atomic E-state index is 13.0. The summed E-state index contributed by atoms with van der Waals surface area (Å²) < 4.78 is 61.1. The molecule has 0 saturated carbocycles. The average Bonchev–Trinajstić information content (AvgIpc) is 0.922. The number of phosphoric ester groups is 2. The molecule has 0 rings (SSSR count). The molecule has 0 aromatic carbocycles. The lowest BCUT2D eigenvalue weighted by molar-refractivity contribution is -0.161. The van der Waals surface area contributed by atoms with Crippen LogP contribution in [0.2, 0.25) is 0 Å². The maximum absolute atomic E-state index is 13.0. The second kappa shape index (κ2) is 78.0. The van der Waals surface area contributed by atoms with E-state index in [1.165, 1.54) is 38.5 Å². The first kappa shape index (κ1) is 99.4. The zero-order valence-electron chi connectivity index (χ0n) is 64.8. The van der Waals surface area contributed by atoms with Gasteiger partial charge in [-0.2, -0.15) is 0 Å². The summed E-state index contributed by atoms with van der Waals surface area (Å²) in [4.78, 5) is 58.7. The van der Waals surface area contributed by atoms with E-state index in [-0.39, 0.29) is 19.3 Å². The molecular weight excluding hydrogens is 1360 g/mol. The van der Waals surface area contributed by atoms with Crippen LogP contribution in [0.25, 0.3) is 0 Å². The summed E-state index contributed by atoms with van der Waals surface area (Å²) in [6.45, 7) is 2.32. The Morgan fingerprint density at radius 1 is 0.276 bits per heavy atom. The van der Waals surface area contributed by atoms with Gasteiger partial charge in [-0.3, -0.25) is 32.5 Å². The van der Waals surface area contributed by atoms with Crippen LogP contribution in [0.3, 0.4) is 0 Å². The molecule has 0 saturated heterocycles. The van der Waals surface area contributed by atoms with Crippen molar-refractivity contribution in [2.75, 3.05) is 39.6 Å². The van der Waals surface area contributed by atoms with Crippen molar-refractivity contribution in [1.82, 2.24) is 0 Å². The first-order valence-electron chi connectivity index (χ1n) is 39.7. The fourth-order valence-electron chi connectivity index (χ4n) is 9.79. The number of rotatable bonds is 73. The fourth-order valence-corrected chi connectivity index (χ4v) is 11.4. The van der Waals surface area contributed by atoms with Crippen LogP contribution in [0.1, 0.15) is 278 Å². The van der Waals surface area contributed by atoms with E-state index in [4.69, 9.17) is 32.3 Å². The molecule has 105 heavy (non-hydrogen) atoms. The lowest BCUT2D eigenvalue weighted by Gasteiger charge is -2.21. The molecule has 0 aromatic heterocycles. The van der Waals surface area contributed by atoms with E-state index in [9.17, 15) is 43.5 Å². The molecule has 0 aliphatic heterocycles. The minimum Gasteiger partial charge on any atom is -0.463 e. The third-order valence-corrected chi connectivity index (χ3v) is 17.7. The highest BCUT2D eigenvalue weighted by Gasteiger charge is 2.29. The van der Waals surface area contributed by atoms with E-state index in [1.54, 1.807) is 0 Å². The molecule has 0 heterocycles. The number of carbonyl (C=O) groups is 3. The highest BCUT2D eigenvalue weighted by Crippen LogP contribution is 2.45. The van der Waals surface area contributed by atoms with Gasteiger partial charge < -0.3 is 34.2 Å². The van der Waals surface area contributed by atoms with Crippen molar-refractivity contribution >= 4 is 33.6 Å². The highest BCUT2D eigenvalue weighted by atomic mass is 31.2. The van der Waals surface area contributed by atoms with Crippen molar-refractivity contribution in [2.45, 2.75) is 296 Å². The molecular formula is C87H140O16P2. The Bertz CT molecular complexity index is 2690. The third kappa shape index (κ3) is 79.3. The molecule has 0 spiro atoms. The first-order chi connectivity index (χ1) is 51.2. The number of phosphoric acid groups is 2. The predicted molar refractivity (Wildman–Crippen MR) is 435 cm³/mol. The van der Waals surface area contributed by atoms with Gasteiger partial charge in [0.1, 0.15) is 25.4 Å². The zero-order valence-corrected chi connectivity index (χ0v) is 66.6. The maximum Gasteiger partial charge on any atom is 0.472 e. The monoisotopic (exact) mass is 1500 g/mol. The molecule has 0 bridgehead atoms. The van der Waals surface area contributed by atoms with Crippen LogP contribution in [-0.2, 0) is 55.8 Å². The molecule has 0 aromatic rings. The minimum atomic E-state index is -4.96. The summed E-state index contributed by atoms with van der Waals surface area (Å²) in [7, 11) is -9.83. The summed E-state index contributed by atoms with van der Waals surface area (Å²) >= 11 is 0. The molecule has 16 nitrogen and oxygen atoms in total. The van der Waals surface area contributed by atoms with Gasteiger partial charge in [0.05, 0.1) is 26.4 Å². The van der Waals surface area contributed by atoms with Gasteiger partial charge in [0.25, 0.3) is 0 Å². The van der Waals surface area contributed by atoms with Crippen molar-refractivity contribution in [2.24, 2.45) is 0 Å². The van der Waals surface area contributed by atoms with Crippen molar-refractivity contribution in [3.63, 3.8) is 0 Å². The molecule has 5 unspecified atom stereocenters. The highest BCUT2D eigenvalue weighted by molar-refractivity contribution is 7.47. The summed E-state index contributed by atoms with van der Waals surface area (Å²) in [5.74, 6) is -1.67. The molecule has 0 aliphatic carbocycles. The van der Waals surface area contributed by atoms with Gasteiger partial charge in [-0.1, -0.05) is 286 Å². The number of aliphatic hydroxyl groups is 2. The van der Waals surface area contributed by atoms with Crippen LogP contribution in [0, 0.1) is 0 Å². The van der Waals surface area contributed by atoms with Crippen LogP contribution < -0.4 is 0 Å². The van der Waals surface area contributed by atoms with Crippen LogP contribution >= 0.6 is 15.6 Å². The normalized spacial score (nSPS) is 15.0. The van der Waals surface area contributed by atoms with Gasteiger partial charge in [0.15, 0.2) is 6.10 Å². The minimum absolute atomic E-state index is 0.0654. The van der Waals surface area contributed by atoms with Crippen molar-refractivity contribution in [3.05, 3.63) is 194 Å². The molecule has 0 radical (unpaired) electrons. The number of hydrogen-bond donors (Lipinski definition) is 4. The average molecular weight is 1500 g/mol. The number of unbranched alkanes of at least 4 members (excludes halogenated alkanes) is 18. The fraction of sp³-hybridized carbons (Fsp3) is 0.598. The van der Waals surface area contributed by atoms with Gasteiger partial charge >= 0.3 is 33.6 Å². The number of esters is 3. The topological polar surface area (TPSA) is 231 Å². The lowest BCUT2D eigenvalue weighted by atomic mass is 10.1. The van der Waals surface area contributed by atoms with Gasteiger partial charge in [-0.05, 0) is 167 Å². The van der Waals surface area contributed by atoms with Gasteiger partial charge in [0.2, 0.25) is 0 Å². The number of aliphatic hydroxyl groups excluding tert-OH is 2. The molecule has 5 atom stereocenters. The number of carbonyl (C=O) groups excluding carboxylic acids is 3. The summed E-state index contributed by atoms with van der Waals surface area (Å²) in [5.41, 5.74) is 0. The Hall–Kier alpha value is -5.61. The van der Waals surface area contributed by atoms with Gasteiger partial charge in [-0.25, -0.2) is 9.13 Å². The number of ether oxygens (including phenoxy) is 3. The SMILES string of the molecule is CC/C=C\C/C=C\C/C=C\C/C=C\C/C=C\C/C=C\CCCCCCCCCCC(=O)OCC(O)COP(=O)(O)OCC(O)COP(=O)(O)OCC(COC(=O)CCCC/C=C\C/C=C\C/C=C\C/C=C\C/C=C\C/C=C\CC)OC(=O)CCCCCCC/C=C\C/C=C\C/C=C\C/C=C\CCCCC. The quantitative estimate of drug-likeness (QED) is 0.0146. The summed E-state index contributed by atoms with van der Waals surface area (Å²) in [6, 6.07) is 0. The van der Waals surface area contributed by atoms with Gasteiger partial charge in [0, 0.05) is 19.3 Å². The second-order valence-corrected chi connectivity index (χ2v) is 28.7. The number of hydrogen-bond acceptors (Lipinski definition) is 14. The Morgan fingerprint density at radius 3 is 0.819 bits per heavy atom. The number of allylic oxidation sites excluding steroid dienone is 32. The van der Waals surface area contributed by atoms with Crippen molar-refractivity contribution in [3.8, 4) is 0 Å². The van der Waals surface area contributed by atoms with E-state index in [0.29, 0.717) is 19.3 Å². The molecule has 594 valence electrons. The Balaban J connectivity index is 4.74. The molecule has 0 fully saturated rings. The van der Waals surface area contributed by atoms with Crippen LogP contribution in [0.4, 0.5) is 0 Å². The smallest absolute Gasteiger partial charge is 0.463 e. The molecule has 4 N–H and O–H groups in total. The third-order valence-electron chi connectivity index (χ3n) is 15.8. The molecule has 0 amide bonds. The van der Waals surface area contributed by atoms with E-state index in [0.717, 1.165) is 180 Å². The van der Waals surface area contributed by atoms with E-state index < -0.39 is 91.5 Å². The second-order valence-electron chi connectivity index (χ2n) is 25.7. The standard InChI is InChI=1S/C87H140O16P2/c1-4-7-10-13-16-19-22-25-28-31-34-37-38-39-40-41-42-45-47-49-52-55-58-61-64-67-70-73-85(90)97-76-82(88)77-99-104(93,94)100-78-83(89)79-101-105(95,96)102-81-84(103-87(92)75-72-69-66-63-60-57-54-51-48-44-36-33-30-27-24-21-18-15-12-9-6-3)80-98-86(91)74-71-68-65-62-59-56-53-50-46-43-35-32-29-26-23-20-17-14-11-8-5-2/h7-8,10-11,16-21,25-30,34-37,39-40,42-45,50-51,53-54,59,62,82-84,88-89H,4-6,9,12-15,22-24,31-33,38,41,46-49,52,55-58,60-61,63-81H2,1-3H3,(H,93,94)(H,95,96)/b10-7-,11-8-,19-16-,20-17-,21-18-,28-25-,29-26-,30-27-,37-34-,40-39-,43-35-,44-36-,45-42-,53-50-,54-51-,62-59-. The zero-order chi connectivity index (χ0) is 76.6. The van der Waals surface area contributed by atoms with Gasteiger partial charge in [-0.15, -0.1) is 0 Å². The Morgan fingerprint density at radius 2 is 0.505 bits per heavy atom. The van der Waals surface area contributed by atoms with Crippen LogP contribution in [-0.4, -0.2) is 95.9 Å². The lowest BCUT2D eigenvalue weighted by Crippen LogP contribution is -2.30. The Labute approximate surface area is 636 Å². The summed E-state index contributed by atoms with van der Waals surface area (Å²) in [6.07, 6.45) is 102. The first-order valence-corrected chi connectivity index (χ1v) is 42.7. The van der Waals surface area contributed by atoms with Crippen LogP contribution in [0.5, 0.6) is 0 Å². The summed E-state index contributed by atoms with van der Waals surface area (Å²) in [5, 5.41) is 20.7. The molecule has 0 aliphatic rings. The Kier molecular flexibility index (Phi) is 73.8. The van der Waals surface area contributed by atoms with E-state index in [1.807, 2.05) is 0 Å².